The Morgan fingerprint density at radius 1 is 1.10 bits per heavy atom. The molecule has 4 aliphatic carbocycles. The quantitative estimate of drug-likeness (QED) is 0.669. The average molecular weight is 288 g/mol. The molecule has 0 heterocycles. The van der Waals surface area contributed by atoms with E-state index < -0.39 is 0 Å². The second-order valence-electron chi connectivity index (χ2n) is 8.34. The van der Waals surface area contributed by atoms with Gasteiger partial charge in [-0.2, -0.15) is 0 Å². The zero-order valence-corrected chi connectivity index (χ0v) is 13.3. The third-order valence-corrected chi connectivity index (χ3v) is 7.41. The van der Waals surface area contributed by atoms with Crippen LogP contribution in [-0.2, 0) is 0 Å². The molecule has 4 rings (SSSR count). The van der Waals surface area contributed by atoms with E-state index in [1.807, 2.05) is 0 Å². The third kappa shape index (κ3) is 1.78. The van der Waals surface area contributed by atoms with Crippen LogP contribution in [0.25, 0.3) is 0 Å². The molecular formula is C19H28O2. The Hall–Kier alpha value is -0.600. The van der Waals surface area contributed by atoms with Crippen molar-refractivity contribution < 1.29 is 10.2 Å². The van der Waals surface area contributed by atoms with Crippen molar-refractivity contribution in [2.75, 3.05) is 0 Å². The maximum Gasteiger partial charge on any atom is 0.0724 e. The molecule has 2 nitrogen and oxygen atoms in total. The van der Waals surface area contributed by atoms with Crippen LogP contribution in [0.4, 0.5) is 0 Å². The molecule has 0 unspecified atom stereocenters. The topological polar surface area (TPSA) is 40.5 Å². The zero-order chi connectivity index (χ0) is 14.8. The Kier molecular flexibility index (Phi) is 2.97. The summed E-state index contributed by atoms with van der Waals surface area (Å²) in [5.74, 6) is 1.33. The van der Waals surface area contributed by atoms with Crippen molar-refractivity contribution in [3.05, 3.63) is 23.3 Å². The van der Waals surface area contributed by atoms with Crippen LogP contribution in [0, 0.1) is 22.7 Å². The molecule has 0 saturated heterocycles. The van der Waals surface area contributed by atoms with Crippen LogP contribution in [0.5, 0.6) is 0 Å². The number of aliphatic hydroxyl groups is 2. The lowest BCUT2D eigenvalue weighted by Gasteiger charge is -2.53. The highest BCUT2D eigenvalue weighted by Crippen LogP contribution is 2.63. The summed E-state index contributed by atoms with van der Waals surface area (Å²) >= 11 is 0. The Morgan fingerprint density at radius 2 is 1.90 bits per heavy atom. The Morgan fingerprint density at radius 3 is 2.71 bits per heavy atom. The fourth-order valence-electron chi connectivity index (χ4n) is 5.98. The Balaban J connectivity index is 1.75. The lowest BCUT2D eigenvalue weighted by atomic mass is 9.52. The number of fused-ring (bicyclic) bond motifs is 5. The first-order valence-corrected chi connectivity index (χ1v) is 8.73. The highest BCUT2D eigenvalue weighted by atomic mass is 16.3. The van der Waals surface area contributed by atoms with E-state index in [1.165, 1.54) is 18.4 Å². The van der Waals surface area contributed by atoms with Crippen LogP contribution in [0.1, 0.15) is 58.8 Å². The predicted octanol–water partition coefficient (Wildman–Crippen LogP) is 3.59. The zero-order valence-electron chi connectivity index (χ0n) is 13.3. The van der Waals surface area contributed by atoms with Crippen molar-refractivity contribution in [2.45, 2.75) is 71.0 Å². The van der Waals surface area contributed by atoms with Gasteiger partial charge in [0.1, 0.15) is 0 Å². The molecule has 2 heteroatoms. The molecule has 0 spiro atoms. The molecular weight excluding hydrogens is 260 g/mol. The van der Waals surface area contributed by atoms with Crippen LogP contribution < -0.4 is 0 Å². The number of allylic oxidation sites excluding steroid dienone is 3. The second-order valence-corrected chi connectivity index (χ2v) is 8.34. The molecule has 2 saturated carbocycles. The first kappa shape index (κ1) is 14.0. The van der Waals surface area contributed by atoms with Crippen LogP contribution in [0.15, 0.2) is 23.3 Å². The summed E-state index contributed by atoms with van der Waals surface area (Å²) in [6.07, 6.45) is 11.8. The van der Waals surface area contributed by atoms with E-state index in [4.69, 9.17) is 0 Å². The molecule has 6 atom stereocenters. The highest BCUT2D eigenvalue weighted by molar-refractivity contribution is 5.39. The van der Waals surface area contributed by atoms with Crippen molar-refractivity contribution in [3.8, 4) is 0 Å². The minimum atomic E-state index is -0.229. The summed E-state index contributed by atoms with van der Waals surface area (Å²) in [6.45, 7) is 4.71. The monoisotopic (exact) mass is 288 g/mol. The largest absolute Gasteiger partial charge is 0.393 e. The van der Waals surface area contributed by atoms with Gasteiger partial charge < -0.3 is 10.2 Å². The predicted molar refractivity (Wildman–Crippen MR) is 83.7 cm³/mol. The van der Waals surface area contributed by atoms with Crippen molar-refractivity contribution in [2.24, 2.45) is 22.7 Å². The van der Waals surface area contributed by atoms with Gasteiger partial charge in [-0.3, -0.25) is 0 Å². The van der Waals surface area contributed by atoms with E-state index >= 15 is 0 Å². The molecule has 0 radical (unpaired) electrons. The molecule has 0 aromatic heterocycles. The first-order valence-electron chi connectivity index (χ1n) is 8.73. The molecule has 0 aromatic rings. The summed E-state index contributed by atoms with van der Waals surface area (Å²) in [4.78, 5) is 0. The van der Waals surface area contributed by atoms with E-state index in [0.717, 1.165) is 32.1 Å². The minimum absolute atomic E-state index is 0.111. The molecule has 0 aromatic carbocycles. The standard InChI is InChI=1S/C19H28O2/c1-18-9-7-13(20)11-12(18)3-4-14-15-5-6-17(21)19(15,2)10-8-16(14)18/h8,11,13-15,17,20-21H,3-7,9-10H2,1-2H3/t13-,14-,15-,17-,18-,19-/m1/s1. The van der Waals surface area contributed by atoms with Gasteiger partial charge in [-0.15, -0.1) is 0 Å². The fourth-order valence-corrected chi connectivity index (χ4v) is 5.98. The second kappa shape index (κ2) is 4.45. The average Bonchev–Trinajstić information content (AvgIpc) is 2.76. The molecule has 0 bridgehead atoms. The van der Waals surface area contributed by atoms with Gasteiger partial charge in [-0.05, 0) is 56.8 Å². The van der Waals surface area contributed by atoms with E-state index in [0.29, 0.717) is 11.8 Å². The van der Waals surface area contributed by atoms with Crippen LogP contribution in [0.2, 0.25) is 0 Å². The number of hydrogen-bond acceptors (Lipinski definition) is 2. The van der Waals surface area contributed by atoms with Gasteiger partial charge in [0, 0.05) is 10.8 Å². The minimum Gasteiger partial charge on any atom is -0.393 e. The molecule has 116 valence electrons. The van der Waals surface area contributed by atoms with E-state index in [9.17, 15) is 10.2 Å². The normalized spacial score (nSPS) is 52.4. The van der Waals surface area contributed by atoms with Crippen molar-refractivity contribution in [1.82, 2.24) is 0 Å². The molecule has 4 aliphatic rings. The number of rotatable bonds is 0. The summed E-state index contributed by atoms with van der Waals surface area (Å²) in [6, 6.07) is 0. The highest BCUT2D eigenvalue weighted by Gasteiger charge is 2.55. The van der Waals surface area contributed by atoms with Gasteiger partial charge in [0.2, 0.25) is 0 Å². The summed E-state index contributed by atoms with van der Waals surface area (Å²) in [5, 5.41) is 20.4. The van der Waals surface area contributed by atoms with Crippen LogP contribution in [0.3, 0.4) is 0 Å². The van der Waals surface area contributed by atoms with Gasteiger partial charge in [-0.1, -0.05) is 37.1 Å². The van der Waals surface area contributed by atoms with E-state index in [2.05, 4.69) is 26.0 Å². The SMILES string of the molecule is C[C@@]12CC[C@@H](O)C=C1CC[C@H]1C2=CC[C@@]2(C)[C@H](O)CC[C@H]12. The number of hydrogen-bond donors (Lipinski definition) is 2. The van der Waals surface area contributed by atoms with Crippen LogP contribution >= 0.6 is 0 Å². The Bertz CT molecular complexity index is 520. The van der Waals surface area contributed by atoms with Gasteiger partial charge in [-0.25, -0.2) is 0 Å². The van der Waals surface area contributed by atoms with Crippen molar-refractivity contribution in [1.29, 1.82) is 0 Å². The third-order valence-electron chi connectivity index (χ3n) is 7.41. The smallest absolute Gasteiger partial charge is 0.0724 e. The molecule has 0 aliphatic heterocycles. The lowest BCUT2D eigenvalue weighted by molar-refractivity contribution is 0.0121. The molecule has 2 fully saturated rings. The maximum absolute atomic E-state index is 10.4. The van der Waals surface area contributed by atoms with Crippen molar-refractivity contribution in [3.63, 3.8) is 0 Å². The van der Waals surface area contributed by atoms with Gasteiger partial charge in [0.25, 0.3) is 0 Å². The summed E-state index contributed by atoms with van der Waals surface area (Å²) in [7, 11) is 0. The Labute approximate surface area is 127 Å². The van der Waals surface area contributed by atoms with Gasteiger partial charge >= 0.3 is 0 Å². The van der Waals surface area contributed by atoms with Gasteiger partial charge in [0.05, 0.1) is 12.2 Å². The first-order chi connectivity index (χ1) is 9.95. The summed E-state index contributed by atoms with van der Waals surface area (Å²) < 4.78 is 0. The lowest BCUT2D eigenvalue weighted by Crippen LogP contribution is -2.45. The summed E-state index contributed by atoms with van der Waals surface area (Å²) in [5.41, 5.74) is 3.42. The fraction of sp³-hybridized carbons (Fsp3) is 0.789. The van der Waals surface area contributed by atoms with Crippen molar-refractivity contribution >= 4 is 0 Å². The van der Waals surface area contributed by atoms with Crippen LogP contribution in [-0.4, -0.2) is 22.4 Å². The van der Waals surface area contributed by atoms with E-state index in [-0.39, 0.29) is 23.0 Å². The van der Waals surface area contributed by atoms with Gasteiger partial charge in [0.15, 0.2) is 0 Å². The number of aliphatic hydroxyl groups excluding tert-OH is 2. The molecule has 21 heavy (non-hydrogen) atoms. The maximum atomic E-state index is 10.4. The van der Waals surface area contributed by atoms with E-state index in [1.54, 1.807) is 5.57 Å². The molecule has 2 N–H and O–H groups in total. The molecule has 0 amide bonds.